The minimum absolute atomic E-state index is 0.286. The molecule has 1 heterocycles. The number of carboxylic acids is 1. The lowest BCUT2D eigenvalue weighted by Gasteiger charge is -2.28. The van der Waals surface area contributed by atoms with Crippen LogP contribution in [-0.4, -0.2) is 33.7 Å². The van der Waals surface area contributed by atoms with E-state index in [4.69, 9.17) is 0 Å². The van der Waals surface area contributed by atoms with Crippen molar-refractivity contribution < 1.29 is 19.1 Å². The number of hydrogen-bond donors (Lipinski definition) is 1. The summed E-state index contributed by atoms with van der Waals surface area (Å²) >= 11 is 1.38. The number of benzene rings is 3. The third-order valence-corrected chi connectivity index (χ3v) is 6.02. The third-order valence-electron chi connectivity index (χ3n) is 4.70. The molecule has 27 heavy (non-hydrogen) atoms. The number of rotatable bonds is 3. The van der Waals surface area contributed by atoms with Crippen molar-refractivity contribution in [3.63, 3.8) is 0 Å². The fourth-order valence-corrected chi connectivity index (χ4v) is 4.80. The second-order valence-corrected chi connectivity index (χ2v) is 7.44. The van der Waals surface area contributed by atoms with E-state index in [2.05, 4.69) is 0 Å². The Kier molecular flexibility index (Phi) is 4.58. The van der Waals surface area contributed by atoms with Crippen LogP contribution in [0.25, 0.3) is 10.8 Å². The predicted molar refractivity (Wildman–Crippen MR) is 103 cm³/mol. The molecule has 0 bridgehead atoms. The number of nitrogens with zero attached hydrogens (tertiary/aromatic N) is 1. The van der Waals surface area contributed by atoms with Gasteiger partial charge in [-0.2, -0.15) is 0 Å². The zero-order valence-corrected chi connectivity index (χ0v) is 15.0. The molecular weight excluding hydrogens is 365 g/mol. The maximum atomic E-state index is 13.4. The Morgan fingerprint density at radius 2 is 1.70 bits per heavy atom. The summed E-state index contributed by atoms with van der Waals surface area (Å²) in [5.41, 5.74) is 1.17. The van der Waals surface area contributed by atoms with Crippen molar-refractivity contribution >= 4 is 34.4 Å². The summed E-state index contributed by atoms with van der Waals surface area (Å²) in [4.78, 5) is 26.6. The fourth-order valence-electron chi connectivity index (χ4n) is 3.38. The van der Waals surface area contributed by atoms with E-state index in [9.17, 15) is 19.1 Å². The highest BCUT2D eigenvalue weighted by atomic mass is 32.2. The Hall–Kier alpha value is -2.86. The van der Waals surface area contributed by atoms with Gasteiger partial charge in [0.15, 0.2) is 0 Å². The van der Waals surface area contributed by atoms with Crippen LogP contribution >= 0.6 is 11.8 Å². The first-order valence-electron chi connectivity index (χ1n) is 8.46. The molecule has 1 aliphatic heterocycles. The van der Waals surface area contributed by atoms with Gasteiger partial charge in [0.1, 0.15) is 17.2 Å². The summed E-state index contributed by atoms with van der Waals surface area (Å²) in [6, 6.07) is 17.8. The van der Waals surface area contributed by atoms with Gasteiger partial charge >= 0.3 is 5.97 Å². The molecule has 2 unspecified atom stereocenters. The quantitative estimate of drug-likeness (QED) is 0.734. The molecule has 136 valence electrons. The molecule has 4 rings (SSSR count). The third kappa shape index (κ3) is 3.17. The van der Waals surface area contributed by atoms with Crippen molar-refractivity contribution in [2.45, 2.75) is 11.4 Å². The Morgan fingerprint density at radius 3 is 2.44 bits per heavy atom. The van der Waals surface area contributed by atoms with Crippen molar-refractivity contribution in [2.75, 3.05) is 5.75 Å². The number of carbonyl (C=O) groups excluding carboxylic acids is 1. The maximum Gasteiger partial charge on any atom is 0.327 e. The highest BCUT2D eigenvalue weighted by Crippen LogP contribution is 2.42. The molecule has 1 N–H and O–H groups in total. The molecule has 6 heteroatoms. The number of carbonyl (C=O) groups is 2. The van der Waals surface area contributed by atoms with E-state index in [1.807, 2.05) is 30.3 Å². The maximum absolute atomic E-state index is 13.4. The minimum Gasteiger partial charge on any atom is -0.480 e. The first kappa shape index (κ1) is 17.5. The van der Waals surface area contributed by atoms with E-state index >= 15 is 0 Å². The molecule has 0 aromatic heterocycles. The van der Waals surface area contributed by atoms with Gasteiger partial charge in [0, 0.05) is 11.3 Å². The van der Waals surface area contributed by atoms with E-state index in [1.165, 1.54) is 28.8 Å². The van der Waals surface area contributed by atoms with Crippen LogP contribution < -0.4 is 0 Å². The molecule has 0 saturated carbocycles. The zero-order valence-electron chi connectivity index (χ0n) is 14.2. The second-order valence-electron chi connectivity index (χ2n) is 6.33. The highest BCUT2D eigenvalue weighted by molar-refractivity contribution is 7.99. The van der Waals surface area contributed by atoms with Crippen LogP contribution in [0.15, 0.2) is 66.7 Å². The van der Waals surface area contributed by atoms with E-state index in [1.54, 1.807) is 24.3 Å². The Labute approximate surface area is 159 Å². The van der Waals surface area contributed by atoms with Gasteiger partial charge < -0.3 is 10.0 Å². The van der Waals surface area contributed by atoms with Crippen LogP contribution in [-0.2, 0) is 4.79 Å². The van der Waals surface area contributed by atoms with Crippen molar-refractivity contribution in [3.8, 4) is 0 Å². The molecule has 3 aromatic rings. The Morgan fingerprint density at radius 1 is 1.00 bits per heavy atom. The van der Waals surface area contributed by atoms with E-state index in [-0.39, 0.29) is 17.5 Å². The molecule has 3 aromatic carbocycles. The summed E-state index contributed by atoms with van der Waals surface area (Å²) < 4.78 is 13.3. The van der Waals surface area contributed by atoms with Crippen LogP contribution in [0.2, 0.25) is 0 Å². The number of aliphatic carboxylic acids is 1. The van der Waals surface area contributed by atoms with Gasteiger partial charge in [0.05, 0.1) is 0 Å². The smallest absolute Gasteiger partial charge is 0.327 e. The van der Waals surface area contributed by atoms with Crippen LogP contribution in [0.3, 0.4) is 0 Å². The predicted octanol–water partition coefficient (Wildman–Crippen LogP) is 4.32. The normalized spacial score (nSPS) is 19.4. The van der Waals surface area contributed by atoms with Gasteiger partial charge in [0.2, 0.25) is 0 Å². The van der Waals surface area contributed by atoms with Crippen molar-refractivity contribution in [1.82, 2.24) is 4.90 Å². The Balaban J connectivity index is 1.79. The van der Waals surface area contributed by atoms with Crippen LogP contribution in [0, 0.1) is 5.82 Å². The average molecular weight is 381 g/mol. The van der Waals surface area contributed by atoms with Crippen LogP contribution in [0.5, 0.6) is 0 Å². The van der Waals surface area contributed by atoms with Crippen LogP contribution in [0.1, 0.15) is 21.3 Å². The fraction of sp³-hybridized carbons (Fsp3) is 0.143. The lowest BCUT2D eigenvalue weighted by molar-refractivity contribution is -0.141. The molecule has 4 nitrogen and oxygen atoms in total. The number of halogens is 1. The number of thioether (sulfide) groups is 1. The second kappa shape index (κ2) is 7.04. The standard InChI is InChI=1S/C21H16FNO3S/c22-15-10-8-14(9-11-15)20-23(18(12-27-20)21(25)26)19(24)17-7-3-5-13-4-1-2-6-16(13)17/h1-11,18,20H,12H2,(H,25,26). The van der Waals surface area contributed by atoms with Crippen molar-refractivity contribution in [1.29, 1.82) is 0 Å². The van der Waals surface area contributed by atoms with E-state index in [0.717, 1.165) is 10.8 Å². The lowest BCUT2D eigenvalue weighted by atomic mass is 10.0. The minimum atomic E-state index is -1.04. The average Bonchev–Trinajstić information content (AvgIpc) is 3.13. The SMILES string of the molecule is O=C(O)C1CSC(c2ccc(F)cc2)N1C(=O)c1cccc2ccccc12. The number of carboxylic acid groups (broad SMARTS) is 1. The highest BCUT2D eigenvalue weighted by Gasteiger charge is 2.43. The molecule has 1 aliphatic rings. The topological polar surface area (TPSA) is 57.6 Å². The number of amides is 1. The summed E-state index contributed by atoms with van der Waals surface area (Å²) in [6.07, 6.45) is 0. The first-order chi connectivity index (χ1) is 13.1. The monoisotopic (exact) mass is 381 g/mol. The summed E-state index contributed by atoms with van der Waals surface area (Å²) in [6.45, 7) is 0. The molecule has 2 atom stereocenters. The molecule has 1 amide bonds. The first-order valence-corrected chi connectivity index (χ1v) is 9.51. The molecular formula is C21H16FNO3S. The molecule has 1 saturated heterocycles. The largest absolute Gasteiger partial charge is 0.480 e. The summed E-state index contributed by atoms with van der Waals surface area (Å²) in [7, 11) is 0. The number of fused-ring (bicyclic) bond motifs is 1. The molecule has 0 spiro atoms. The van der Waals surface area contributed by atoms with Crippen LogP contribution in [0.4, 0.5) is 4.39 Å². The molecule has 0 radical (unpaired) electrons. The molecule has 1 fully saturated rings. The number of hydrogen-bond acceptors (Lipinski definition) is 3. The van der Waals surface area contributed by atoms with Gasteiger partial charge in [-0.1, -0.05) is 48.5 Å². The van der Waals surface area contributed by atoms with Gasteiger partial charge in [-0.3, -0.25) is 4.79 Å². The van der Waals surface area contributed by atoms with E-state index < -0.39 is 17.4 Å². The summed E-state index contributed by atoms with van der Waals surface area (Å²) in [5, 5.41) is 10.9. The van der Waals surface area contributed by atoms with Gasteiger partial charge in [-0.15, -0.1) is 11.8 Å². The van der Waals surface area contributed by atoms with Gasteiger partial charge in [0.25, 0.3) is 5.91 Å². The van der Waals surface area contributed by atoms with Crippen molar-refractivity contribution in [2.24, 2.45) is 0 Å². The van der Waals surface area contributed by atoms with Gasteiger partial charge in [-0.05, 0) is 34.5 Å². The Bertz CT molecular complexity index is 1020. The zero-order chi connectivity index (χ0) is 19.0. The van der Waals surface area contributed by atoms with E-state index in [0.29, 0.717) is 11.1 Å². The molecule has 0 aliphatic carbocycles. The van der Waals surface area contributed by atoms with Crippen molar-refractivity contribution in [3.05, 3.63) is 83.7 Å². The summed E-state index contributed by atoms with van der Waals surface area (Å²) in [5.74, 6) is -1.46. The lowest BCUT2D eigenvalue weighted by Crippen LogP contribution is -2.43. The van der Waals surface area contributed by atoms with Gasteiger partial charge in [-0.25, -0.2) is 9.18 Å².